The minimum Gasteiger partial charge on any atom is -0.351 e. The first-order valence-corrected chi connectivity index (χ1v) is 5.96. The summed E-state index contributed by atoms with van der Waals surface area (Å²) in [5, 5.41) is 6.56. The molecule has 1 aliphatic heterocycles. The summed E-state index contributed by atoms with van der Waals surface area (Å²) in [4.78, 5) is 12.0. The lowest BCUT2D eigenvalue weighted by molar-refractivity contribution is -0.125. The predicted octanol–water partition coefficient (Wildman–Crippen LogP) is 1.29. The summed E-state index contributed by atoms with van der Waals surface area (Å²) in [6, 6.07) is 0. The Morgan fingerprint density at radius 2 is 1.80 bits per heavy atom. The quantitative estimate of drug-likeness (QED) is 0.721. The zero-order valence-electron chi connectivity index (χ0n) is 10.0. The Balaban J connectivity index is 1.88. The molecule has 1 atom stereocenters. The molecule has 1 saturated carbocycles. The van der Waals surface area contributed by atoms with E-state index >= 15 is 0 Å². The summed E-state index contributed by atoms with van der Waals surface area (Å²) in [6.45, 7) is 8.54. The van der Waals surface area contributed by atoms with Crippen molar-refractivity contribution in [3.8, 4) is 0 Å². The van der Waals surface area contributed by atoms with Crippen molar-refractivity contribution in [1.29, 1.82) is 0 Å². The van der Waals surface area contributed by atoms with E-state index in [1.165, 1.54) is 0 Å². The van der Waals surface area contributed by atoms with Crippen molar-refractivity contribution >= 4 is 5.91 Å². The minimum atomic E-state index is 0.0288. The summed E-state index contributed by atoms with van der Waals surface area (Å²) >= 11 is 0. The fourth-order valence-electron chi connectivity index (χ4n) is 2.40. The Morgan fingerprint density at radius 1 is 1.27 bits per heavy atom. The predicted molar refractivity (Wildman–Crippen MR) is 60.5 cm³/mol. The third-order valence-corrected chi connectivity index (χ3v) is 3.96. The maximum atomic E-state index is 12.0. The van der Waals surface area contributed by atoms with Crippen LogP contribution in [0.5, 0.6) is 0 Å². The number of hydrogen-bond acceptors (Lipinski definition) is 2. The summed E-state index contributed by atoms with van der Waals surface area (Å²) in [7, 11) is 0. The molecule has 0 radical (unpaired) electrons. The summed E-state index contributed by atoms with van der Waals surface area (Å²) in [6.07, 6.45) is 3.14. The standard InChI is InChI=1S/C12H22N2O/c1-11(2)8-9(11)10(15)14-12(3)4-6-13-7-5-12/h9,13H,4-8H2,1-3H3,(H,14,15). The van der Waals surface area contributed by atoms with Crippen molar-refractivity contribution in [3.05, 3.63) is 0 Å². The highest BCUT2D eigenvalue weighted by atomic mass is 16.2. The molecule has 1 heterocycles. The third-order valence-electron chi connectivity index (χ3n) is 3.96. The Morgan fingerprint density at radius 3 is 2.27 bits per heavy atom. The number of hydrogen-bond donors (Lipinski definition) is 2. The largest absolute Gasteiger partial charge is 0.351 e. The molecule has 2 rings (SSSR count). The van der Waals surface area contributed by atoms with Gasteiger partial charge >= 0.3 is 0 Å². The monoisotopic (exact) mass is 210 g/mol. The summed E-state index contributed by atoms with van der Waals surface area (Å²) < 4.78 is 0. The number of carbonyl (C=O) groups is 1. The normalized spacial score (nSPS) is 32.1. The zero-order chi connectivity index (χ0) is 11.1. The fourth-order valence-corrected chi connectivity index (χ4v) is 2.40. The van der Waals surface area contributed by atoms with Crippen LogP contribution in [0.3, 0.4) is 0 Å². The molecule has 0 aromatic rings. The van der Waals surface area contributed by atoms with Gasteiger partial charge in [0.2, 0.25) is 5.91 Å². The van der Waals surface area contributed by atoms with Gasteiger partial charge in [-0.1, -0.05) is 13.8 Å². The molecule has 2 aliphatic rings. The van der Waals surface area contributed by atoms with Crippen LogP contribution in [0.25, 0.3) is 0 Å². The Kier molecular flexibility index (Phi) is 2.53. The van der Waals surface area contributed by atoms with Crippen LogP contribution in [0.1, 0.15) is 40.0 Å². The molecular formula is C12H22N2O. The molecular weight excluding hydrogens is 188 g/mol. The van der Waals surface area contributed by atoms with Crippen LogP contribution in [0.4, 0.5) is 0 Å². The van der Waals surface area contributed by atoms with E-state index in [1.54, 1.807) is 0 Å². The second kappa shape index (κ2) is 3.48. The number of nitrogens with one attached hydrogen (secondary N) is 2. The van der Waals surface area contributed by atoms with Crippen molar-refractivity contribution in [2.75, 3.05) is 13.1 Å². The molecule has 86 valence electrons. The van der Waals surface area contributed by atoms with E-state index in [-0.39, 0.29) is 22.8 Å². The zero-order valence-corrected chi connectivity index (χ0v) is 10.0. The minimum absolute atomic E-state index is 0.0288. The molecule has 0 bridgehead atoms. The highest BCUT2D eigenvalue weighted by molar-refractivity contribution is 5.83. The highest BCUT2D eigenvalue weighted by Gasteiger charge is 2.51. The number of piperidine rings is 1. The van der Waals surface area contributed by atoms with Gasteiger partial charge in [-0.05, 0) is 44.7 Å². The van der Waals surface area contributed by atoms with Crippen LogP contribution >= 0.6 is 0 Å². The molecule has 0 spiro atoms. The van der Waals surface area contributed by atoms with Crippen LogP contribution in [0.2, 0.25) is 0 Å². The smallest absolute Gasteiger partial charge is 0.224 e. The van der Waals surface area contributed by atoms with Crippen LogP contribution in [-0.4, -0.2) is 24.5 Å². The van der Waals surface area contributed by atoms with Crippen LogP contribution in [-0.2, 0) is 4.79 Å². The number of carbonyl (C=O) groups excluding carboxylic acids is 1. The molecule has 1 aliphatic carbocycles. The van der Waals surface area contributed by atoms with Crippen molar-refractivity contribution < 1.29 is 4.79 Å². The summed E-state index contributed by atoms with van der Waals surface area (Å²) in [5.74, 6) is 0.522. The highest BCUT2D eigenvalue weighted by Crippen LogP contribution is 2.51. The average Bonchev–Trinajstić information content (AvgIpc) is 2.76. The first-order chi connectivity index (χ1) is 6.93. The van der Waals surface area contributed by atoms with Gasteiger partial charge in [0, 0.05) is 11.5 Å². The number of rotatable bonds is 2. The van der Waals surface area contributed by atoms with E-state index in [0.29, 0.717) is 0 Å². The van der Waals surface area contributed by atoms with Gasteiger partial charge in [0.15, 0.2) is 0 Å². The maximum absolute atomic E-state index is 12.0. The topological polar surface area (TPSA) is 41.1 Å². The molecule has 1 unspecified atom stereocenters. The van der Waals surface area contributed by atoms with Gasteiger partial charge in [0.1, 0.15) is 0 Å². The van der Waals surface area contributed by atoms with Crippen molar-refractivity contribution in [3.63, 3.8) is 0 Å². The van der Waals surface area contributed by atoms with Gasteiger partial charge in [0.05, 0.1) is 0 Å². The van der Waals surface area contributed by atoms with E-state index < -0.39 is 0 Å². The summed E-state index contributed by atoms with van der Waals surface area (Å²) in [5.41, 5.74) is 0.272. The van der Waals surface area contributed by atoms with Crippen LogP contribution in [0.15, 0.2) is 0 Å². The Labute approximate surface area is 92.0 Å². The number of amides is 1. The molecule has 1 saturated heterocycles. The molecule has 0 aromatic carbocycles. The SMILES string of the molecule is CC1(NC(=O)C2CC2(C)C)CCNCC1. The van der Waals surface area contributed by atoms with E-state index in [0.717, 1.165) is 32.4 Å². The van der Waals surface area contributed by atoms with Crippen LogP contribution < -0.4 is 10.6 Å². The van der Waals surface area contributed by atoms with Crippen molar-refractivity contribution in [2.45, 2.75) is 45.6 Å². The van der Waals surface area contributed by atoms with Crippen molar-refractivity contribution in [2.24, 2.45) is 11.3 Å². The first kappa shape index (κ1) is 10.9. The van der Waals surface area contributed by atoms with Gasteiger partial charge in [-0.25, -0.2) is 0 Å². The van der Waals surface area contributed by atoms with E-state index in [9.17, 15) is 4.79 Å². The van der Waals surface area contributed by atoms with E-state index in [1.807, 2.05) is 0 Å². The Hall–Kier alpha value is -0.570. The molecule has 3 heteroatoms. The van der Waals surface area contributed by atoms with Crippen molar-refractivity contribution in [1.82, 2.24) is 10.6 Å². The molecule has 15 heavy (non-hydrogen) atoms. The fraction of sp³-hybridized carbons (Fsp3) is 0.917. The molecule has 1 amide bonds. The van der Waals surface area contributed by atoms with Gasteiger partial charge in [-0.3, -0.25) is 4.79 Å². The first-order valence-electron chi connectivity index (χ1n) is 5.96. The van der Waals surface area contributed by atoms with Gasteiger partial charge < -0.3 is 10.6 Å². The molecule has 2 fully saturated rings. The average molecular weight is 210 g/mol. The van der Waals surface area contributed by atoms with E-state index in [4.69, 9.17) is 0 Å². The van der Waals surface area contributed by atoms with E-state index in [2.05, 4.69) is 31.4 Å². The Bertz CT molecular complexity index is 267. The lowest BCUT2D eigenvalue weighted by Gasteiger charge is -2.35. The second-order valence-corrected chi connectivity index (χ2v) is 6.05. The second-order valence-electron chi connectivity index (χ2n) is 6.05. The molecule has 2 N–H and O–H groups in total. The van der Waals surface area contributed by atoms with Gasteiger partial charge in [-0.15, -0.1) is 0 Å². The van der Waals surface area contributed by atoms with Gasteiger partial charge in [0.25, 0.3) is 0 Å². The lowest BCUT2D eigenvalue weighted by atomic mass is 9.90. The van der Waals surface area contributed by atoms with Gasteiger partial charge in [-0.2, -0.15) is 0 Å². The molecule has 3 nitrogen and oxygen atoms in total. The van der Waals surface area contributed by atoms with Crippen LogP contribution in [0, 0.1) is 11.3 Å². The maximum Gasteiger partial charge on any atom is 0.224 e. The third kappa shape index (κ3) is 2.33. The molecule has 0 aromatic heterocycles. The lowest BCUT2D eigenvalue weighted by Crippen LogP contribution is -2.53.